The molecule has 0 rings (SSSR count). The van der Waals surface area contributed by atoms with E-state index in [2.05, 4.69) is 38.2 Å². The Labute approximate surface area is 303 Å². The number of carbonyl (C=O) groups is 1. The fourth-order valence-corrected chi connectivity index (χ4v) is 5.38. The highest BCUT2D eigenvalue weighted by Gasteiger charge is 2.07. The maximum atomic E-state index is 11.4. The average Bonchev–Trinajstić information content (AvgIpc) is 3.11. The SMILES string of the molecule is CCCCCCCC/C=C\CCCCCCCC(=O)OCC(O)CO.CCCCCCCC/C=C\CCCCCCCCOCC(O)CO. The van der Waals surface area contributed by atoms with E-state index in [9.17, 15) is 4.79 Å². The van der Waals surface area contributed by atoms with Gasteiger partial charge in [0.15, 0.2) is 0 Å². The molecule has 0 spiro atoms. The van der Waals surface area contributed by atoms with E-state index in [4.69, 9.17) is 29.9 Å². The molecule has 2 atom stereocenters. The van der Waals surface area contributed by atoms with Crippen molar-refractivity contribution in [2.24, 2.45) is 0 Å². The number of esters is 1. The molecule has 0 heterocycles. The Bertz CT molecular complexity index is 682. The lowest BCUT2D eigenvalue weighted by atomic mass is 10.1. The Morgan fingerprint density at radius 3 is 1.24 bits per heavy atom. The summed E-state index contributed by atoms with van der Waals surface area (Å²) in [4.78, 5) is 11.4. The lowest BCUT2D eigenvalue weighted by Crippen LogP contribution is -2.21. The summed E-state index contributed by atoms with van der Waals surface area (Å²) in [5, 5.41) is 35.5. The van der Waals surface area contributed by atoms with Crippen molar-refractivity contribution in [2.45, 2.75) is 206 Å². The first-order valence-electron chi connectivity index (χ1n) is 20.6. The Hall–Kier alpha value is -1.25. The largest absolute Gasteiger partial charge is 0.463 e. The third-order valence-corrected chi connectivity index (χ3v) is 8.61. The van der Waals surface area contributed by atoms with Gasteiger partial charge in [-0.25, -0.2) is 0 Å². The predicted octanol–water partition coefficient (Wildman–Crippen LogP) is 10.3. The number of aliphatic hydroxyl groups excluding tert-OH is 4. The van der Waals surface area contributed by atoms with Crippen LogP contribution in [0.15, 0.2) is 24.3 Å². The minimum Gasteiger partial charge on any atom is -0.463 e. The molecule has 2 unspecified atom stereocenters. The molecule has 292 valence electrons. The zero-order valence-electron chi connectivity index (χ0n) is 32.3. The van der Waals surface area contributed by atoms with Crippen LogP contribution in [0.2, 0.25) is 0 Å². The number of aliphatic hydroxyl groups is 4. The van der Waals surface area contributed by atoms with Crippen LogP contribution in [0.3, 0.4) is 0 Å². The number of hydrogen-bond acceptors (Lipinski definition) is 7. The fraction of sp³-hybridized carbons (Fsp3) is 0.881. The summed E-state index contributed by atoms with van der Waals surface area (Å²) < 4.78 is 10.1. The van der Waals surface area contributed by atoms with Crippen molar-refractivity contribution in [3.05, 3.63) is 24.3 Å². The molecule has 4 N–H and O–H groups in total. The van der Waals surface area contributed by atoms with Gasteiger partial charge in [0.1, 0.15) is 18.8 Å². The molecule has 7 nitrogen and oxygen atoms in total. The molecule has 0 aliphatic rings. The second kappa shape index (κ2) is 44.8. The molecule has 0 saturated carbocycles. The normalized spacial score (nSPS) is 12.8. The highest BCUT2D eigenvalue weighted by molar-refractivity contribution is 5.69. The molecular weight excluding hydrogens is 616 g/mol. The third kappa shape index (κ3) is 46.8. The highest BCUT2D eigenvalue weighted by Crippen LogP contribution is 2.12. The average molecular weight is 699 g/mol. The summed E-state index contributed by atoms with van der Waals surface area (Å²) in [6, 6.07) is 0. The summed E-state index contributed by atoms with van der Waals surface area (Å²) in [6.07, 6.45) is 42.4. The van der Waals surface area contributed by atoms with E-state index in [1.54, 1.807) is 0 Å². The van der Waals surface area contributed by atoms with E-state index in [-0.39, 0.29) is 32.4 Å². The summed E-state index contributed by atoms with van der Waals surface area (Å²) in [7, 11) is 0. The van der Waals surface area contributed by atoms with E-state index >= 15 is 0 Å². The summed E-state index contributed by atoms with van der Waals surface area (Å²) in [6.45, 7) is 4.77. The first-order valence-corrected chi connectivity index (χ1v) is 20.6. The van der Waals surface area contributed by atoms with E-state index < -0.39 is 12.2 Å². The minimum absolute atomic E-state index is 0.111. The van der Waals surface area contributed by atoms with Gasteiger partial charge in [-0.1, -0.05) is 147 Å². The van der Waals surface area contributed by atoms with E-state index in [1.807, 2.05) is 0 Å². The molecule has 0 aromatic carbocycles. The molecule has 0 fully saturated rings. The number of carbonyl (C=O) groups excluding carboxylic acids is 1. The zero-order chi connectivity index (χ0) is 36.3. The molecule has 0 aliphatic carbocycles. The Morgan fingerprint density at radius 1 is 0.490 bits per heavy atom. The van der Waals surface area contributed by atoms with Crippen molar-refractivity contribution in [1.29, 1.82) is 0 Å². The van der Waals surface area contributed by atoms with Crippen LogP contribution in [0.4, 0.5) is 0 Å². The third-order valence-electron chi connectivity index (χ3n) is 8.61. The smallest absolute Gasteiger partial charge is 0.305 e. The number of ether oxygens (including phenoxy) is 2. The molecule has 0 amide bonds. The van der Waals surface area contributed by atoms with Gasteiger partial charge in [0.05, 0.1) is 19.8 Å². The maximum Gasteiger partial charge on any atom is 0.305 e. The lowest BCUT2D eigenvalue weighted by molar-refractivity contribution is -0.147. The van der Waals surface area contributed by atoms with E-state index in [0.717, 1.165) is 32.1 Å². The van der Waals surface area contributed by atoms with Gasteiger partial charge in [-0.05, 0) is 64.2 Å². The van der Waals surface area contributed by atoms with Crippen LogP contribution in [0.25, 0.3) is 0 Å². The number of rotatable bonds is 37. The van der Waals surface area contributed by atoms with Gasteiger partial charge in [0, 0.05) is 13.0 Å². The number of unbranched alkanes of at least 4 members (excludes halogenated alkanes) is 23. The first kappa shape index (κ1) is 49.9. The van der Waals surface area contributed by atoms with Crippen LogP contribution in [0.5, 0.6) is 0 Å². The molecule has 0 aliphatic heterocycles. The van der Waals surface area contributed by atoms with Crippen LogP contribution in [-0.4, -0.2) is 71.6 Å². The second-order valence-electron chi connectivity index (χ2n) is 13.7. The molecule has 0 aromatic rings. The fourth-order valence-electron chi connectivity index (χ4n) is 5.38. The molecule has 0 saturated heterocycles. The van der Waals surface area contributed by atoms with Gasteiger partial charge in [-0.2, -0.15) is 0 Å². The van der Waals surface area contributed by atoms with Crippen molar-refractivity contribution < 1.29 is 34.7 Å². The van der Waals surface area contributed by atoms with Gasteiger partial charge >= 0.3 is 5.97 Å². The van der Waals surface area contributed by atoms with Crippen molar-refractivity contribution in [3.8, 4) is 0 Å². The zero-order valence-corrected chi connectivity index (χ0v) is 32.3. The van der Waals surface area contributed by atoms with Crippen molar-refractivity contribution in [1.82, 2.24) is 0 Å². The van der Waals surface area contributed by atoms with Crippen LogP contribution in [-0.2, 0) is 14.3 Å². The lowest BCUT2D eigenvalue weighted by Gasteiger charge is -2.08. The summed E-state index contributed by atoms with van der Waals surface area (Å²) in [5.74, 6) is -0.287. The Kier molecular flexibility index (Phi) is 45.6. The topological polar surface area (TPSA) is 116 Å². The van der Waals surface area contributed by atoms with Crippen LogP contribution >= 0.6 is 0 Å². The Balaban J connectivity index is 0. The quantitative estimate of drug-likeness (QED) is 0.0290. The minimum atomic E-state index is -0.960. The molecule has 7 heteroatoms. The van der Waals surface area contributed by atoms with E-state index in [0.29, 0.717) is 13.0 Å². The predicted molar refractivity (Wildman–Crippen MR) is 207 cm³/mol. The van der Waals surface area contributed by atoms with Gasteiger partial charge in [0.25, 0.3) is 0 Å². The van der Waals surface area contributed by atoms with Crippen molar-refractivity contribution in [2.75, 3.05) is 33.0 Å². The van der Waals surface area contributed by atoms with E-state index in [1.165, 1.54) is 141 Å². The summed E-state index contributed by atoms with van der Waals surface area (Å²) in [5.41, 5.74) is 0. The van der Waals surface area contributed by atoms with Gasteiger partial charge in [0.2, 0.25) is 0 Å². The van der Waals surface area contributed by atoms with Crippen LogP contribution < -0.4 is 0 Å². The van der Waals surface area contributed by atoms with Crippen LogP contribution in [0.1, 0.15) is 194 Å². The number of hydrogen-bond donors (Lipinski definition) is 4. The molecule has 49 heavy (non-hydrogen) atoms. The molecule has 0 aromatic heterocycles. The monoisotopic (exact) mass is 699 g/mol. The highest BCUT2D eigenvalue weighted by atomic mass is 16.5. The van der Waals surface area contributed by atoms with Crippen molar-refractivity contribution in [3.63, 3.8) is 0 Å². The summed E-state index contributed by atoms with van der Waals surface area (Å²) >= 11 is 0. The Morgan fingerprint density at radius 2 is 0.837 bits per heavy atom. The molecular formula is C42H82O7. The van der Waals surface area contributed by atoms with Gasteiger partial charge in [-0.3, -0.25) is 4.79 Å². The standard InChI is InChI=1S/C21H40O4.C21H42O3/c1-2-3-4-5-6-7-8-9-10-11-12-13-14-15-16-17-21(24)25-19-20(23)18-22;1-2-3-4-5-6-7-8-9-10-11-12-13-14-15-16-17-18-24-20-21(23)19-22/h9-10,20,22-23H,2-8,11-19H2,1H3;9-10,21-23H,2-8,11-20H2,1H3/b2*10-9-. The van der Waals surface area contributed by atoms with Gasteiger partial charge < -0.3 is 29.9 Å². The second-order valence-corrected chi connectivity index (χ2v) is 13.7. The maximum absolute atomic E-state index is 11.4. The van der Waals surface area contributed by atoms with Crippen molar-refractivity contribution >= 4 is 5.97 Å². The molecule has 0 radical (unpaired) electrons. The first-order chi connectivity index (χ1) is 24.0. The van der Waals surface area contributed by atoms with Crippen LogP contribution in [0, 0.1) is 0 Å². The molecule has 0 bridgehead atoms. The number of allylic oxidation sites excluding steroid dienone is 4. The van der Waals surface area contributed by atoms with Gasteiger partial charge in [-0.15, -0.1) is 0 Å².